The van der Waals surface area contributed by atoms with Crippen LogP contribution in [0.4, 0.5) is 0 Å². The maximum absolute atomic E-state index is 13.4. The largest absolute Gasteiger partial charge is 0.458 e. The molecule has 6 aliphatic rings. The fraction of sp³-hybridized carbons (Fsp3) is 0.774. The minimum absolute atomic E-state index is 0.0645. The fourth-order valence-electron chi connectivity index (χ4n) is 11.5. The molecule has 0 amide bonds. The number of aliphatic hydroxyl groups is 1. The highest BCUT2D eigenvalue weighted by atomic mass is 16.6. The molecule has 12 atom stereocenters. The summed E-state index contributed by atoms with van der Waals surface area (Å²) in [6.07, 6.45) is 4.25. The summed E-state index contributed by atoms with van der Waals surface area (Å²) in [6.45, 7) is 4.99. The number of carbonyl (C=O) groups is 1. The molecule has 0 aromatic heterocycles. The van der Waals surface area contributed by atoms with Crippen LogP contribution in [-0.2, 0) is 18.9 Å². The average molecular weight is 526 g/mol. The van der Waals surface area contributed by atoms with Crippen LogP contribution in [0.5, 0.6) is 0 Å². The highest BCUT2D eigenvalue weighted by Gasteiger charge is 2.84. The number of hydrogen-bond acceptors (Lipinski definition) is 7. The maximum Gasteiger partial charge on any atom is 0.338 e. The van der Waals surface area contributed by atoms with Crippen LogP contribution in [0.3, 0.4) is 0 Å². The topological polar surface area (TPSA) is 77.5 Å². The van der Waals surface area contributed by atoms with Gasteiger partial charge in [-0.2, -0.15) is 0 Å². The monoisotopic (exact) mass is 525 g/mol. The van der Waals surface area contributed by atoms with Gasteiger partial charge in [-0.25, -0.2) is 4.79 Å². The Kier molecular flexibility index (Phi) is 5.86. The molecule has 1 aromatic rings. The molecule has 5 saturated carbocycles. The zero-order chi connectivity index (χ0) is 26.4. The average Bonchev–Trinajstić information content (AvgIpc) is 3.38. The standard InChI is InChI=1S/C31H43NO6/c1-5-32-16-29(17-35-2)12-11-24(37-4)31-20-13-19-22(36-3)15-30(34,21(27(31)32)14-23(29)31)25(20)26(19)38-28(33)18-9-7-6-8-10-18/h6-10,19-27,34H,5,11-17H2,1-4H3/t19-,20-,21+,22+,23-,24+,25-,26+,27+,29+,30+,31-/m1/s1. The first-order valence-electron chi connectivity index (χ1n) is 14.7. The Balaban J connectivity index is 1.38. The third-order valence-electron chi connectivity index (χ3n) is 12.4. The molecule has 208 valence electrons. The quantitative estimate of drug-likeness (QED) is 0.547. The number of piperidine rings is 1. The molecule has 0 radical (unpaired) electrons. The minimum Gasteiger partial charge on any atom is -0.458 e. The molecule has 7 rings (SSSR count). The molecule has 1 spiro atoms. The van der Waals surface area contributed by atoms with Crippen LogP contribution in [-0.4, -0.2) is 87.0 Å². The molecule has 5 aliphatic carbocycles. The lowest BCUT2D eigenvalue weighted by Gasteiger charge is -2.69. The Morgan fingerprint density at radius 1 is 1.11 bits per heavy atom. The van der Waals surface area contributed by atoms with E-state index in [1.807, 2.05) is 44.6 Å². The van der Waals surface area contributed by atoms with Gasteiger partial charge in [-0.05, 0) is 56.2 Å². The van der Waals surface area contributed by atoms with E-state index in [-0.39, 0.29) is 64.8 Å². The highest BCUT2D eigenvalue weighted by Crippen LogP contribution is 2.79. The Morgan fingerprint density at radius 2 is 1.89 bits per heavy atom. The Morgan fingerprint density at radius 3 is 2.58 bits per heavy atom. The van der Waals surface area contributed by atoms with Gasteiger partial charge in [0.15, 0.2) is 0 Å². The predicted octanol–water partition coefficient (Wildman–Crippen LogP) is 3.40. The van der Waals surface area contributed by atoms with E-state index in [1.54, 1.807) is 7.11 Å². The van der Waals surface area contributed by atoms with Gasteiger partial charge >= 0.3 is 5.97 Å². The number of likely N-dealkylation sites (tertiary alicyclic amines) is 1. The number of carbonyl (C=O) groups excluding carboxylic acids is 1. The molecule has 1 aliphatic heterocycles. The Labute approximate surface area is 226 Å². The van der Waals surface area contributed by atoms with Crippen molar-refractivity contribution in [3.63, 3.8) is 0 Å². The number of fused-ring (bicyclic) bond motifs is 2. The van der Waals surface area contributed by atoms with Crippen molar-refractivity contribution in [3.8, 4) is 0 Å². The molecule has 7 bridgehead atoms. The van der Waals surface area contributed by atoms with E-state index in [4.69, 9.17) is 18.9 Å². The van der Waals surface area contributed by atoms with Gasteiger partial charge in [-0.1, -0.05) is 25.1 Å². The van der Waals surface area contributed by atoms with Crippen molar-refractivity contribution >= 4 is 5.97 Å². The maximum atomic E-state index is 13.4. The van der Waals surface area contributed by atoms with Crippen molar-refractivity contribution in [1.29, 1.82) is 0 Å². The van der Waals surface area contributed by atoms with E-state index in [2.05, 4.69) is 11.8 Å². The van der Waals surface area contributed by atoms with Crippen molar-refractivity contribution in [2.45, 2.75) is 69.0 Å². The lowest BCUT2D eigenvalue weighted by molar-refractivity contribution is -0.276. The van der Waals surface area contributed by atoms with Gasteiger partial charge in [0, 0.05) is 68.9 Å². The van der Waals surface area contributed by atoms with E-state index < -0.39 is 5.60 Å². The third kappa shape index (κ3) is 2.95. The molecule has 0 unspecified atom stereocenters. The molecule has 38 heavy (non-hydrogen) atoms. The molecular weight excluding hydrogens is 482 g/mol. The second kappa shape index (κ2) is 8.74. The molecule has 1 aromatic carbocycles. The van der Waals surface area contributed by atoms with Crippen LogP contribution >= 0.6 is 0 Å². The van der Waals surface area contributed by atoms with Crippen LogP contribution in [0.15, 0.2) is 30.3 Å². The number of esters is 1. The van der Waals surface area contributed by atoms with Gasteiger partial charge in [0.05, 0.1) is 30.0 Å². The number of hydrogen-bond donors (Lipinski definition) is 1. The number of rotatable bonds is 7. The lowest BCUT2D eigenvalue weighted by Crippen LogP contribution is -2.76. The highest BCUT2D eigenvalue weighted by molar-refractivity contribution is 5.89. The van der Waals surface area contributed by atoms with Gasteiger partial charge in [-0.15, -0.1) is 0 Å². The second-order valence-electron chi connectivity index (χ2n) is 13.2. The van der Waals surface area contributed by atoms with E-state index in [1.165, 1.54) is 0 Å². The van der Waals surface area contributed by atoms with Crippen molar-refractivity contribution in [2.75, 3.05) is 41.0 Å². The van der Waals surface area contributed by atoms with Gasteiger partial charge in [-0.3, -0.25) is 4.90 Å². The summed E-state index contributed by atoms with van der Waals surface area (Å²) in [6, 6.07) is 9.52. The number of ether oxygens (including phenoxy) is 4. The molecular formula is C31H43NO6. The van der Waals surface area contributed by atoms with Crippen LogP contribution < -0.4 is 0 Å². The van der Waals surface area contributed by atoms with E-state index in [0.717, 1.165) is 45.4 Å². The first-order valence-corrected chi connectivity index (χ1v) is 14.7. The summed E-state index contributed by atoms with van der Waals surface area (Å²) in [5, 5.41) is 12.9. The van der Waals surface area contributed by atoms with Gasteiger partial charge < -0.3 is 24.1 Å². The third-order valence-corrected chi connectivity index (χ3v) is 12.4. The minimum atomic E-state index is -0.942. The summed E-state index contributed by atoms with van der Waals surface area (Å²) < 4.78 is 24.9. The Hall–Kier alpha value is -1.51. The van der Waals surface area contributed by atoms with Crippen molar-refractivity contribution in [2.24, 2.45) is 40.4 Å². The van der Waals surface area contributed by atoms with Crippen LogP contribution in [0.2, 0.25) is 0 Å². The van der Waals surface area contributed by atoms with E-state index >= 15 is 0 Å². The first-order chi connectivity index (χ1) is 18.4. The van der Waals surface area contributed by atoms with E-state index in [9.17, 15) is 9.90 Å². The van der Waals surface area contributed by atoms with Crippen molar-refractivity contribution < 1.29 is 28.8 Å². The number of nitrogens with zero attached hydrogens (tertiary/aromatic N) is 1. The molecule has 7 heteroatoms. The van der Waals surface area contributed by atoms with E-state index in [0.29, 0.717) is 17.9 Å². The van der Waals surface area contributed by atoms with Gasteiger partial charge in [0.25, 0.3) is 0 Å². The summed E-state index contributed by atoms with van der Waals surface area (Å²) in [7, 11) is 5.47. The summed E-state index contributed by atoms with van der Waals surface area (Å²) in [5.41, 5.74) is -0.405. The molecule has 1 N–H and O–H groups in total. The number of benzene rings is 1. The lowest BCUT2D eigenvalue weighted by atomic mass is 9.43. The zero-order valence-electron chi connectivity index (χ0n) is 23.2. The van der Waals surface area contributed by atoms with Gasteiger partial charge in [0.1, 0.15) is 6.10 Å². The summed E-state index contributed by atoms with van der Waals surface area (Å²) >= 11 is 0. The van der Waals surface area contributed by atoms with Crippen molar-refractivity contribution in [1.82, 2.24) is 4.90 Å². The smallest absolute Gasteiger partial charge is 0.338 e. The van der Waals surface area contributed by atoms with Crippen molar-refractivity contribution in [3.05, 3.63) is 35.9 Å². The predicted molar refractivity (Wildman–Crippen MR) is 141 cm³/mol. The molecule has 6 fully saturated rings. The zero-order valence-corrected chi connectivity index (χ0v) is 23.2. The van der Waals surface area contributed by atoms with Crippen LogP contribution in [0, 0.1) is 40.4 Å². The van der Waals surface area contributed by atoms with Crippen LogP contribution in [0.25, 0.3) is 0 Å². The Bertz CT molecular complexity index is 1080. The van der Waals surface area contributed by atoms with Gasteiger partial charge in [0.2, 0.25) is 0 Å². The number of methoxy groups -OCH3 is 3. The molecule has 1 saturated heterocycles. The second-order valence-corrected chi connectivity index (χ2v) is 13.2. The normalized spacial score (nSPS) is 50.2. The van der Waals surface area contributed by atoms with Crippen LogP contribution in [0.1, 0.15) is 49.4 Å². The summed E-state index contributed by atoms with van der Waals surface area (Å²) in [4.78, 5) is 16.1. The fourth-order valence-corrected chi connectivity index (χ4v) is 11.5. The first kappa shape index (κ1) is 25.5. The summed E-state index contributed by atoms with van der Waals surface area (Å²) in [5.74, 6) is 0.395. The SMILES string of the molecule is CCN1C[C@]2(COC)CC[C@H](OC)[C@@]34[C@@H]5C[C@H]6[C@H](OC(=O)c7ccccc7)[C@@H]5[C@](O)(C[C@@H]6OC)[C@@H](C[C@H]23)[C@H]14. The molecule has 7 nitrogen and oxygen atoms in total. The molecule has 1 heterocycles.